The molecule has 67 valence electrons. The van der Waals surface area contributed by atoms with E-state index in [0.29, 0.717) is 6.54 Å². The molecule has 1 aromatic carbocycles. The Hall–Kier alpha value is -1.48. The highest BCUT2D eigenvalue weighted by Gasteiger charge is 2.14. The predicted octanol–water partition coefficient (Wildman–Crippen LogP) is 1.33. The van der Waals surface area contributed by atoms with Gasteiger partial charge in [0, 0.05) is 11.8 Å². The molecule has 0 amide bonds. The number of nitrogens with zero attached hydrogens (tertiary/aromatic N) is 1. The fourth-order valence-corrected chi connectivity index (χ4v) is 1.47. The fraction of sp³-hybridized carbons (Fsp3) is 0.200. The van der Waals surface area contributed by atoms with E-state index in [1.807, 2.05) is 12.3 Å². The van der Waals surface area contributed by atoms with E-state index in [2.05, 4.69) is 5.32 Å². The van der Waals surface area contributed by atoms with E-state index in [0.717, 1.165) is 23.2 Å². The van der Waals surface area contributed by atoms with Crippen molar-refractivity contribution in [1.29, 1.82) is 0 Å². The summed E-state index contributed by atoms with van der Waals surface area (Å²) in [5.74, 6) is 0.277. The van der Waals surface area contributed by atoms with E-state index in [-0.39, 0.29) is 5.75 Å². The minimum absolute atomic E-state index is 0.277. The molecule has 3 nitrogen and oxygen atoms in total. The molecule has 3 heteroatoms. The Labute approximate surface area is 76.9 Å². The maximum atomic E-state index is 9.28. The van der Waals surface area contributed by atoms with E-state index in [1.165, 1.54) is 0 Å². The molecule has 2 rings (SSSR count). The molecule has 3 N–H and O–H groups in total. The predicted molar refractivity (Wildman–Crippen MR) is 51.5 cm³/mol. The largest absolute Gasteiger partial charge is 0.508 e. The first-order valence-corrected chi connectivity index (χ1v) is 4.24. The van der Waals surface area contributed by atoms with Crippen LogP contribution in [0.4, 0.5) is 5.69 Å². The first-order chi connectivity index (χ1) is 6.31. The van der Waals surface area contributed by atoms with Crippen molar-refractivity contribution in [3.63, 3.8) is 0 Å². The average Bonchev–Trinajstić information content (AvgIpc) is 2.49. The van der Waals surface area contributed by atoms with Gasteiger partial charge in [-0.15, -0.1) is 0 Å². The number of nitrogens with two attached hydrogens (primary N) is 1. The normalized spacial score (nSPS) is 13.5. The Kier molecular flexibility index (Phi) is 1.94. The van der Waals surface area contributed by atoms with Crippen LogP contribution in [0.15, 0.2) is 24.4 Å². The molecule has 13 heavy (non-hydrogen) atoms. The highest BCUT2D eigenvalue weighted by atomic mass is 16.3. The summed E-state index contributed by atoms with van der Waals surface area (Å²) in [7, 11) is 0. The maximum Gasteiger partial charge on any atom is 0.116 e. The number of phenolic OH excluding ortho intramolecular Hbond substituents is 1. The van der Waals surface area contributed by atoms with Crippen molar-refractivity contribution in [2.45, 2.75) is 6.42 Å². The quantitative estimate of drug-likeness (QED) is 0.712. The lowest BCUT2D eigenvalue weighted by molar-refractivity contribution is 0.475. The van der Waals surface area contributed by atoms with Crippen LogP contribution in [0.25, 0.3) is 5.57 Å². The highest BCUT2D eigenvalue weighted by molar-refractivity contribution is 5.80. The van der Waals surface area contributed by atoms with Crippen LogP contribution in [0.3, 0.4) is 0 Å². The van der Waals surface area contributed by atoms with Crippen molar-refractivity contribution < 1.29 is 5.11 Å². The number of hydrogen-bond acceptors (Lipinski definition) is 2. The van der Waals surface area contributed by atoms with Gasteiger partial charge in [-0.25, -0.2) is 0 Å². The van der Waals surface area contributed by atoms with Crippen molar-refractivity contribution in [1.82, 2.24) is 5.32 Å². The summed E-state index contributed by atoms with van der Waals surface area (Å²) in [4.78, 5) is 0. The molecule has 0 saturated carbocycles. The molecule has 0 atom stereocenters. The van der Waals surface area contributed by atoms with Gasteiger partial charge in [0.1, 0.15) is 5.75 Å². The summed E-state index contributed by atoms with van der Waals surface area (Å²) < 4.78 is 0. The number of benzene rings is 1. The zero-order valence-electron chi connectivity index (χ0n) is 7.20. The lowest BCUT2D eigenvalue weighted by Gasteiger charge is -2.02. The third kappa shape index (κ3) is 1.38. The third-order valence-electron chi connectivity index (χ3n) is 2.10. The van der Waals surface area contributed by atoms with Crippen LogP contribution in [0.1, 0.15) is 12.0 Å². The van der Waals surface area contributed by atoms with Gasteiger partial charge in [0.25, 0.3) is 0 Å². The van der Waals surface area contributed by atoms with Crippen LogP contribution in [0, 0.1) is 0 Å². The molecule has 1 heterocycles. The topological polar surface area (TPSA) is 60.4 Å². The maximum absolute atomic E-state index is 9.28. The standard InChI is InChI=1S/C10H11N2O/c11-4-3-7-6-12-10-2-1-8(13)5-9(7)10/h1-2,5-6,13H,3-4,11H2. The molecule has 0 aliphatic carbocycles. The number of phenols is 1. The fourth-order valence-electron chi connectivity index (χ4n) is 1.47. The Morgan fingerprint density at radius 3 is 3.00 bits per heavy atom. The van der Waals surface area contributed by atoms with Crippen LogP contribution in [-0.4, -0.2) is 11.7 Å². The summed E-state index contributed by atoms with van der Waals surface area (Å²) in [6.45, 7) is 0.608. The van der Waals surface area contributed by atoms with Crippen LogP contribution >= 0.6 is 0 Å². The minimum Gasteiger partial charge on any atom is -0.508 e. The zero-order chi connectivity index (χ0) is 9.26. The first kappa shape index (κ1) is 8.13. The van der Waals surface area contributed by atoms with Crippen LogP contribution < -0.4 is 11.1 Å². The lowest BCUT2D eigenvalue weighted by Crippen LogP contribution is -1.98. The summed E-state index contributed by atoms with van der Waals surface area (Å²) >= 11 is 0. The van der Waals surface area contributed by atoms with Gasteiger partial charge in [-0.1, -0.05) is 0 Å². The molecular weight excluding hydrogens is 164 g/mol. The second-order valence-electron chi connectivity index (χ2n) is 3.02. The van der Waals surface area contributed by atoms with Crippen molar-refractivity contribution in [3.05, 3.63) is 30.0 Å². The van der Waals surface area contributed by atoms with Gasteiger partial charge in [-0.3, -0.25) is 5.32 Å². The van der Waals surface area contributed by atoms with Crippen LogP contribution in [-0.2, 0) is 0 Å². The molecule has 0 unspecified atom stereocenters. The van der Waals surface area contributed by atoms with Gasteiger partial charge in [0.2, 0.25) is 0 Å². The second-order valence-corrected chi connectivity index (χ2v) is 3.02. The van der Waals surface area contributed by atoms with Crippen molar-refractivity contribution in [3.8, 4) is 5.75 Å². The van der Waals surface area contributed by atoms with E-state index >= 15 is 0 Å². The smallest absolute Gasteiger partial charge is 0.116 e. The van der Waals surface area contributed by atoms with Gasteiger partial charge in [-0.05, 0) is 36.7 Å². The Bertz CT molecular complexity index is 358. The number of rotatable bonds is 2. The molecule has 0 aromatic heterocycles. The zero-order valence-corrected chi connectivity index (χ0v) is 7.20. The third-order valence-corrected chi connectivity index (χ3v) is 2.10. The molecule has 1 aromatic rings. The first-order valence-electron chi connectivity index (χ1n) is 4.24. The van der Waals surface area contributed by atoms with Gasteiger partial charge in [0.15, 0.2) is 0 Å². The van der Waals surface area contributed by atoms with E-state index in [1.54, 1.807) is 12.1 Å². The van der Waals surface area contributed by atoms with E-state index in [9.17, 15) is 5.11 Å². The Morgan fingerprint density at radius 1 is 1.38 bits per heavy atom. The van der Waals surface area contributed by atoms with E-state index < -0.39 is 0 Å². The van der Waals surface area contributed by atoms with Crippen molar-refractivity contribution >= 4 is 11.3 Å². The monoisotopic (exact) mass is 175 g/mol. The van der Waals surface area contributed by atoms with Gasteiger partial charge < -0.3 is 10.8 Å². The Balaban J connectivity index is 2.36. The summed E-state index contributed by atoms with van der Waals surface area (Å²) in [6, 6.07) is 5.18. The number of hydrogen-bond donors (Lipinski definition) is 2. The van der Waals surface area contributed by atoms with Crippen LogP contribution in [0.2, 0.25) is 0 Å². The summed E-state index contributed by atoms with van der Waals surface area (Å²) in [5.41, 5.74) is 8.49. The molecule has 0 spiro atoms. The summed E-state index contributed by atoms with van der Waals surface area (Å²) in [5, 5.41) is 13.5. The lowest BCUT2D eigenvalue weighted by atomic mass is 10.0. The minimum atomic E-state index is 0.277. The Morgan fingerprint density at radius 2 is 2.23 bits per heavy atom. The molecule has 0 bridgehead atoms. The van der Waals surface area contributed by atoms with E-state index in [4.69, 9.17) is 5.73 Å². The SMILES string of the molecule is NCCC1=C[N]c2ccc(O)cc21. The van der Waals surface area contributed by atoms with Crippen LogP contribution in [0.5, 0.6) is 5.75 Å². The summed E-state index contributed by atoms with van der Waals surface area (Å²) in [6.07, 6.45) is 2.62. The highest BCUT2D eigenvalue weighted by Crippen LogP contribution is 2.34. The second kappa shape index (κ2) is 3.11. The van der Waals surface area contributed by atoms with Gasteiger partial charge in [0.05, 0.1) is 5.69 Å². The molecule has 1 aliphatic rings. The molecule has 1 aliphatic heterocycles. The molecule has 1 radical (unpaired) electrons. The van der Waals surface area contributed by atoms with Crippen molar-refractivity contribution in [2.75, 3.05) is 6.54 Å². The molecular formula is C10H11N2O. The number of aromatic hydroxyl groups is 1. The average molecular weight is 175 g/mol. The molecule has 0 fully saturated rings. The number of fused-ring (bicyclic) bond motifs is 1. The van der Waals surface area contributed by atoms with Gasteiger partial charge >= 0.3 is 0 Å². The molecule has 0 saturated heterocycles. The van der Waals surface area contributed by atoms with Crippen molar-refractivity contribution in [2.24, 2.45) is 5.73 Å². The van der Waals surface area contributed by atoms with Gasteiger partial charge in [-0.2, -0.15) is 0 Å².